The maximum Gasteiger partial charge on any atom is 0.173 e. The lowest BCUT2D eigenvalue weighted by Crippen LogP contribution is -2.02. The number of halogens is 1. The monoisotopic (exact) mass is 302 g/mol. The van der Waals surface area contributed by atoms with Gasteiger partial charge in [-0.3, -0.25) is 0 Å². The molecule has 0 bridgehead atoms. The van der Waals surface area contributed by atoms with Gasteiger partial charge in [0.15, 0.2) is 11.6 Å². The molecule has 4 nitrogen and oxygen atoms in total. The maximum absolute atomic E-state index is 14.8. The number of ether oxygens (including phenoxy) is 2. The lowest BCUT2D eigenvalue weighted by Gasteiger charge is -2.17. The third-order valence-corrected chi connectivity index (χ3v) is 3.62. The summed E-state index contributed by atoms with van der Waals surface area (Å²) < 4.78 is 25.2. The summed E-state index contributed by atoms with van der Waals surface area (Å²) in [5.41, 5.74) is 8.74. The van der Waals surface area contributed by atoms with Gasteiger partial charge in [0.2, 0.25) is 0 Å². The number of nitrogen functional groups attached to an aromatic ring is 1. The third-order valence-electron chi connectivity index (χ3n) is 3.62. The molecule has 22 heavy (non-hydrogen) atoms. The van der Waals surface area contributed by atoms with Crippen molar-refractivity contribution in [3.05, 3.63) is 41.2 Å². The first-order valence-electron chi connectivity index (χ1n) is 6.91. The zero-order valence-corrected chi connectivity index (χ0v) is 12.9. The summed E-state index contributed by atoms with van der Waals surface area (Å²) in [7, 11) is 2.96. The van der Waals surface area contributed by atoms with Crippen LogP contribution in [0.25, 0.3) is 11.1 Å². The summed E-state index contributed by atoms with van der Waals surface area (Å²) in [6.07, 6.45) is 1.77. The molecule has 2 aromatic carbocycles. The highest BCUT2D eigenvalue weighted by atomic mass is 19.1. The van der Waals surface area contributed by atoms with Gasteiger partial charge in [-0.15, -0.1) is 0 Å². The number of nitrogens with one attached hydrogen (secondary N) is 1. The Morgan fingerprint density at radius 3 is 2.36 bits per heavy atom. The quantitative estimate of drug-likeness (QED) is 0.654. The third kappa shape index (κ3) is 2.62. The van der Waals surface area contributed by atoms with Crippen molar-refractivity contribution in [3.63, 3.8) is 0 Å². The minimum atomic E-state index is -0.442. The van der Waals surface area contributed by atoms with Crippen LogP contribution in [0.3, 0.4) is 0 Å². The van der Waals surface area contributed by atoms with Crippen LogP contribution in [0.1, 0.15) is 18.1 Å². The number of methoxy groups -OCH3 is 2. The zero-order valence-electron chi connectivity index (χ0n) is 12.9. The van der Waals surface area contributed by atoms with E-state index in [1.54, 1.807) is 31.4 Å². The Hall–Kier alpha value is -2.56. The molecule has 0 fully saturated rings. The Morgan fingerprint density at radius 2 is 1.86 bits per heavy atom. The van der Waals surface area contributed by atoms with Crippen LogP contribution in [-0.2, 0) is 6.42 Å². The number of benzene rings is 2. The van der Waals surface area contributed by atoms with Crippen molar-refractivity contribution >= 4 is 11.9 Å². The van der Waals surface area contributed by atoms with E-state index in [0.717, 1.165) is 5.56 Å². The average molecular weight is 302 g/mol. The summed E-state index contributed by atoms with van der Waals surface area (Å²) in [6.45, 7) is 1.93. The summed E-state index contributed by atoms with van der Waals surface area (Å²) in [5.74, 6) is 0.256. The maximum atomic E-state index is 14.8. The lowest BCUT2D eigenvalue weighted by molar-refractivity contribution is 0.372. The molecule has 3 N–H and O–H groups in total. The Balaban J connectivity index is 2.77. The number of nitrogens with two attached hydrogens (primary N) is 1. The molecule has 0 saturated carbocycles. The molecule has 0 unspecified atom stereocenters. The second-order valence-electron chi connectivity index (χ2n) is 4.79. The molecule has 0 spiro atoms. The largest absolute Gasteiger partial charge is 0.496 e. The highest BCUT2D eigenvalue weighted by Gasteiger charge is 2.20. The molecule has 0 aliphatic rings. The molecule has 2 aromatic rings. The van der Waals surface area contributed by atoms with Crippen molar-refractivity contribution in [3.8, 4) is 22.6 Å². The molecule has 2 rings (SSSR count). The van der Waals surface area contributed by atoms with E-state index in [1.807, 2.05) is 6.92 Å². The highest BCUT2D eigenvalue weighted by Crippen LogP contribution is 2.39. The van der Waals surface area contributed by atoms with Crippen LogP contribution in [0.5, 0.6) is 11.5 Å². The van der Waals surface area contributed by atoms with Crippen LogP contribution in [0.2, 0.25) is 0 Å². The van der Waals surface area contributed by atoms with Crippen molar-refractivity contribution in [2.75, 3.05) is 20.0 Å². The van der Waals surface area contributed by atoms with Crippen molar-refractivity contribution in [1.82, 2.24) is 0 Å². The summed E-state index contributed by atoms with van der Waals surface area (Å²) in [5, 5.41) is 7.29. The van der Waals surface area contributed by atoms with E-state index in [9.17, 15) is 4.39 Å². The van der Waals surface area contributed by atoms with E-state index in [0.29, 0.717) is 34.5 Å². The smallest absolute Gasteiger partial charge is 0.173 e. The highest BCUT2D eigenvalue weighted by molar-refractivity contribution is 5.87. The molecule has 0 aliphatic heterocycles. The topological polar surface area (TPSA) is 68.3 Å². The van der Waals surface area contributed by atoms with E-state index in [4.69, 9.17) is 20.6 Å². The summed E-state index contributed by atoms with van der Waals surface area (Å²) in [6, 6.07) is 6.65. The fourth-order valence-electron chi connectivity index (χ4n) is 2.49. The molecule has 0 aliphatic carbocycles. The number of rotatable bonds is 5. The van der Waals surface area contributed by atoms with Crippen molar-refractivity contribution in [2.24, 2.45) is 0 Å². The van der Waals surface area contributed by atoms with Gasteiger partial charge in [0.05, 0.1) is 14.2 Å². The molecule has 0 saturated heterocycles. The fraction of sp³-hybridized carbons (Fsp3) is 0.235. The molecule has 0 atom stereocenters. The van der Waals surface area contributed by atoms with Crippen molar-refractivity contribution in [1.29, 1.82) is 5.41 Å². The fourth-order valence-corrected chi connectivity index (χ4v) is 2.49. The molecule has 5 heteroatoms. The van der Waals surface area contributed by atoms with Crippen LogP contribution in [0.4, 0.5) is 10.1 Å². The summed E-state index contributed by atoms with van der Waals surface area (Å²) in [4.78, 5) is 0. The van der Waals surface area contributed by atoms with Gasteiger partial charge in [0.1, 0.15) is 5.75 Å². The molecular formula is C17H19FN2O2. The summed E-state index contributed by atoms with van der Waals surface area (Å²) >= 11 is 0. The number of hydrogen-bond donors (Lipinski definition) is 2. The Kier molecular flexibility index (Phi) is 4.65. The van der Waals surface area contributed by atoms with E-state index in [2.05, 4.69) is 0 Å². The van der Waals surface area contributed by atoms with Crippen LogP contribution >= 0.6 is 0 Å². The minimum Gasteiger partial charge on any atom is -0.496 e. The zero-order chi connectivity index (χ0) is 16.3. The predicted octanol–water partition coefficient (Wildman–Crippen LogP) is 3.65. The first-order valence-corrected chi connectivity index (χ1v) is 6.91. The van der Waals surface area contributed by atoms with E-state index in [1.165, 1.54) is 13.3 Å². The normalized spacial score (nSPS) is 10.4. The minimum absolute atomic E-state index is 0.124. The molecule has 0 amide bonds. The lowest BCUT2D eigenvalue weighted by atomic mass is 9.94. The second kappa shape index (κ2) is 6.47. The Labute approximate surface area is 129 Å². The standard InChI is InChI=1S/C17H19FN2O2/c1-4-12-14(21-2)8-15(22-3)17(18)16(12)10-5-6-11(9-19)13(20)7-10/h5-9,19H,4,20H2,1-3H3. The molecule has 116 valence electrons. The van der Waals surface area contributed by atoms with Gasteiger partial charge in [-0.25, -0.2) is 4.39 Å². The molecule has 0 aromatic heterocycles. The van der Waals surface area contributed by atoms with Crippen molar-refractivity contribution in [2.45, 2.75) is 13.3 Å². The van der Waals surface area contributed by atoms with Crippen LogP contribution in [0, 0.1) is 11.2 Å². The Morgan fingerprint density at radius 1 is 1.18 bits per heavy atom. The van der Waals surface area contributed by atoms with Gasteiger partial charge >= 0.3 is 0 Å². The van der Waals surface area contributed by atoms with Gasteiger partial charge in [-0.2, -0.15) is 0 Å². The molecular weight excluding hydrogens is 283 g/mol. The van der Waals surface area contributed by atoms with Gasteiger partial charge in [-0.05, 0) is 18.1 Å². The van der Waals surface area contributed by atoms with Crippen LogP contribution in [0.15, 0.2) is 24.3 Å². The van der Waals surface area contributed by atoms with Crippen molar-refractivity contribution < 1.29 is 13.9 Å². The van der Waals surface area contributed by atoms with Crippen LogP contribution < -0.4 is 15.2 Å². The number of hydrogen-bond acceptors (Lipinski definition) is 4. The van der Waals surface area contributed by atoms with Gasteiger partial charge in [-0.1, -0.05) is 19.1 Å². The average Bonchev–Trinajstić information content (AvgIpc) is 2.54. The van der Waals surface area contributed by atoms with Gasteiger partial charge in [0.25, 0.3) is 0 Å². The molecule has 0 heterocycles. The van der Waals surface area contributed by atoms with E-state index in [-0.39, 0.29) is 5.75 Å². The van der Waals surface area contributed by atoms with Crippen LogP contribution in [-0.4, -0.2) is 20.4 Å². The van der Waals surface area contributed by atoms with Gasteiger partial charge in [0, 0.05) is 34.7 Å². The van der Waals surface area contributed by atoms with E-state index < -0.39 is 5.82 Å². The predicted molar refractivity (Wildman–Crippen MR) is 86.6 cm³/mol. The SMILES string of the molecule is CCc1c(OC)cc(OC)c(F)c1-c1ccc(C=N)c(N)c1. The van der Waals surface area contributed by atoms with Gasteiger partial charge < -0.3 is 20.6 Å². The van der Waals surface area contributed by atoms with E-state index >= 15 is 0 Å². The second-order valence-corrected chi connectivity index (χ2v) is 4.79. The first kappa shape index (κ1) is 15.8. The number of anilines is 1. The Bertz CT molecular complexity index is 714. The molecule has 0 radical (unpaired) electrons. The first-order chi connectivity index (χ1) is 10.6.